The first-order valence-electron chi connectivity index (χ1n) is 14.4. The zero-order valence-corrected chi connectivity index (χ0v) is 23.2. The summed E-state index contributed by atoms with van der Waals surface area (Å²) in [5, 5.41) is 26.9. The highest BCUT2D eigenvalue weighted by molar-refractivity contribution is 5.86. The van der Waals surface area contributed by atoms with Crippen molar-refractivity contribution in [3.05, 3.63) is 10.4 Å². The molecular weight excluding hydrogens is 490 g/mol. The van der Waals surface area contributed by atoms with Gasteiger partial charge in [-0.25, -0.2) is 9.59 Å². The van der Waals surface area contributed by atoms with Gasteiger partial charge in [-0.2, -0.15) is 0 Å². The van der Waals surface area contributed by atoms with Gasteiger partial charge < -0.3 is 20.8 Å². The van der Waals surface area contributed by atoms with Crippen LogP contribution in [-0.4, -0.2) is 52.6 Å². The van der Waals surface area contributed by atoms with Crippen molar-refractivity contribution in [3.8, 4) is 0 Å². The van der Waals surface area contributed by atoms with Crippen molar-refractivity contribution in [1.29, 1.82) is 0 Å². The van der Waals surface area contributed by atoms with Crippen LogP contribution < -0.4 is 10.6 Å². The monoisotopic (exact) mass is 539 g/mol. The summed E-state index contributed by atoms with van der Waals surface area (Å²) >= 11 is 0. The van der Waals surface area contributed by atoms with Gasteiger partial charge in [0, 0.05) is 24.3 Å². The Bertz CT molecular complexity index is 727. The third-order valence-electron chi connectivity index (χ3n) is 6.50. The number of aliphatic carboxylic acids is 2. The maximum Gasteiger partial charge on any atom is 0.326 e. The summed E-state index contributed by atoms with van der Waals surface area (Å²) in [5.74, 6) is -3.37. The number of carbonyl (C=O) groups excluding carboxylic acids is 2. The summed E-state index contributed by atoms with van der Waals surface area (Å²) in [5.41, 5.74) is 8.25. The molecule has 2 amide bonds. The lowest BCUT2D eigenvalue weighted by Crippen LogP contribution is -2.43. The average molecular weight is 540 g/mol. The van der Waals surface area contributed by atoms with Crippen LogP contribution >= 0.6 is 0 Å². The summed E-state index contributed by atoms with van der Waals surface area (Å²) in [6, 6.07) is -2.32. The Morgan fingerprint density at radius 3 is 1.58 bits per heavy atom. The molecule has 0 aromatic rings. The van der Waals surface area contributed by atoms with Crippen LogP contribution in [0.2, 0.25) is 0 Å². The number of nitrogens with zero attached hydrogens (tertiary/aromatic N) is 3. The predicted molar refractivity (Wildman–Crippen MR) is 147 cm³/mol. The molecule has 0 heterocycles. The van der Waals surface area contributed by atoms with E-state index < -0.39 is 29.9 Å². The SMILES string of the molecule is CCCCCCCCCCCCCCCC(=O)NC(CCC(=O)NC(CCCCN=[N+]=[N-])C(=O)O)C(=O)O. The molecule has 11 nitrogen and oxygen atoms in total. The third-order valence-corrected chi connectivity index (χ3v) is 6.50. The third kappa shape index (κ3) is 21.3. The van der Waals surface area contributed by atoms with Crippen molar-refractivity contribution in [1.82, 2.24) is 10.6 Å². The van der Waals surface area contributed by atoms with Gasteiger partial charge in [0.1, 0.15) is 12.1 Å². The number of nitrogens with one attached hydrogen (secondary N) is 2. The van der Waals surface area contributed by atoms with E-state index in [2.05, 4.69) is 27.6 Å². The zero-order chi connectivity index (χ0) is 28.4. The molecule has 0 radical (unpaired) electrons. The largest absolute Gasteiger partial charge is 0.480 e. The first-order valence-corrected chi connectivity index (χ1v) is 14.4. The maximum atomic E-state index is 12.2. The van der Waals surface area contributed by atoms with Crippen LogP contribution in [0.25, 0.3) is 10.4 Å². The minimum absolute atomic E-state index is 0.130. The molecule has 0 fully saturated rings. The Hall–Kier alpha value is -2.81. The fourth-order valence-corrected chi connectivity index (χ4v) is 4.20. The Kier molecular flexibility index (Phi) is 22.7. The molecule has 0 bridgehead atoms. The molecule has 218 valence electrons. The number of rotatable bonds is 26. The highest BCUT2D eigenvalue weighted by Crippen LogP contribution is 2.13. The molecule has 0 aromatic carbocycles. The van der Waals surface area contributed by atoms with Crippen molar-refractivity contribution in [3.63, 3.8) is 0 Å². The standard InChI is InChI=1S/C27H49N5O6/c1-2-3-4-5-6-7-8-9-10-11-12-13-14-18-24(33)31-23(27(37)38)19-20-25(34)30-22(26(35)36)17-15-16-21-29-32-28/h22-23H,2-21H2,1H3,(H,30,34)(H,31,33)(H,35,36)(H,37,38). The lowest BCUT2D eigenvalue weighted by Gasteiger charge is -2.17. The second-order valence-electron chi connectivity index (χ2n) is 9.90. The smallest absolute Gasteiger partial charge is 0.326 e. The van der Waals surface area contributed by atoms with Gasteiger partial charge in [0.15, 0.2) is 0 Å². The van der Waals surface area contributed by atoms with Gasteiger partial charge in [0.05, 0.1) is 0 Å². The van der Waals surface area contributed by atoms with Gasteiger partial charge in [0.2, 0.25) is 11.8 Å². The van der Waals surface area contributed by atoms with E-state index in [1.165, 1.54) is 57.8 Å². The second kappa shape index (κ2) is 24.5. The Labute approximate surface area is 227 Å². The molecule has 0 saturated carbocycles. The molecule has 11 heteroatoms. The number of unbranched alkanes of at least 4 members (excludes halogenated alkanes) is 13. The molecule has 2 atom stereocenters. The summed E-state index contributed by atoms with van der Waals surface area (Å²) < 4.78 is 0. The molecule has 2 unspecified atom stereocenters. The fourth-order valence-electron chi connectivity index (χ4n) is 4.20. The number of hydrogen-bond acceptors (Lipinski definition) is 5. The number of azide groups is 1. The highest BCUT2D eigenvalue weighted by Gasteiger charge is 2.23. The molecule has 0 rings (SSSR count). The summed E-state index contributed by atoms with van der Waals surface area (Å²) in [6.45, 7) is 2.47. The molecule has 4 N–H and O–H groups in total. The first-order chi connectivity index (χ1) is 18.3. The number of amides is 2. The van der Waals surface area contributed by atoms with E-state index in [0.29, 0.717) is 19.3 Å². The Balaban J connectivity index is 4.05. The maximum absolute atomic E-state index is 12.2. The van der Waals surface area contributed by atoms with Gasteiger partial charge in [-0.15, -0.1) is 0 Å². The predicted octanol–water partition coefficient (Wildman–Crippen LogP) is 5.87. The van der Waals surface area contributed by atoms with E-state index in [1.54, 1.807) is 0 Å². The van der Waals surface area contributed by atoms with E-state index in [9.17, 15) is 29.4 Å². The lowest BCUT2D eigenvalue weighted by atomic mass is 10.0. The Morgan fingerprint density at radius 1 is 0.658 bits per heavy atom. The minimum atomic E-state index is -1.23. The summed E-state index contributed by atoms with van der Waals surface area (Å²) in [6.07, 6.45) is 16.5. The highest BCUT2D eigenvalue weighted by atomic mass is 16.4. The van der Waals surface area contributed by atoms with E-state index in [0.717, 1.165) is 19.3 Å². The summed E-state index contributed by atoms with van der Waals surface area (Å²) in [7, 11) is 0. The molecule has 0 saturated heterocycles. The second-order valence-corrected chi connectivity index (χ2v) is 9.90. The molecule has 0 aliphatic carbocycles. The summed E-state index contributed by atoms with van der Waals surface area (Å²) in [4.78, 5) is 49.9. The van der Waals surface area contributed by atoms with Crippen LogP contribution in [0.4, 0.5) is 0 Å². The van der Waals surface area contributed by atoms with Gasteiger partial charge in [-0.1, -0.05) is 95.5 Å². The van der Waals surface area contributed by atoms with Crippen molar-refractivity contribution < 1.29 is 29.4 Å². The molecule has 38 heavy (non-hydrogen) atoms. The van der Waals surface area contributed by atoms with Crippen molar-refractivity contribution in [2.75, 3.05) is 6.54 Å². The lowest BCUT2D eigenvalue weighted by molar-refractivity contribution is -0.143. The van der Waals surface area contributed by atoms with Crippen LogP contribution in [0.1, 0.15) is 129 Å². The average Bonchev–Trinajstić information content (AvgIpc) is 2.88. The number of carbonyl (C=O) groups is 4. The number of hydrogen-bond donors (Lipinski definition) is 4. The number of carboxylic acid groups (broad SMARTS) is 2. The van der Waals surface area contributed by atoms with Crippen LogP contribution in [0.5, 0.6) is 0 Å². The van der Waals surface area contributed by atoms with Crippen LogP contribution in [0.15, 0.2) is 5.11 Å². The van der Waals surface area contributed by atoms with Gasteiger partial charge in [-0.05, 0) is 31.2 Å². The van der Waals surface area contributed by atoms with Crippen molar-refractivity contribution in [2.24, 2.45) is 5.11 Å². The van der Waals surface area contributed by atoms with Crippen LogP contribution in [0, 0.1) is 0 Å². The van der Waals surface area contributed by atoms with Gasteiger partial charge >= 0.3 is 11.9 Å². The molecule has 0 aliphatic heterocycles. The topological polar surface area (TPSA) is 182 Å². The molecule has 0 aliphatic rings. The minimum Gasteiger partial charge on any atom is -0.480 e. The molecular formula is C27H49N5O6. The van der Waals surface area contributed by atoms with E-state index >= 15 is 0 Å². The van der Waals surface area contributed by atoms with Gasteiger partial charge in [0.25, 0.3) is 0 Å². The van der Waals surface area contributed by atoms with Crippen molar-refractivity contribution in [2.45, 2.75) is 141 Å². The van der Waals surface area contributed by atoms with Crippen LogP contribution in [0.3, 0.4) is 0 Å². The first kappa shape index (κ1) is 35.2. The zero-order valence-electron chi connectivity index (χ0n) is 23.2. The normalized spacial score (nSPS) is 12.2. The van der Waals surface area contributed by atoms with Crippen LogP contribution in [-0.2, 0) is 19.2 Å². The van der Waals surface area contributed by atoms with E-state index in [1.807, 2.05) is 0 Å². The fraction of sp³-hybridized carbons (Fsp3) is 0.852. The molecule has 0 aromatic heterocycles. The Morgan fingerprint density at radius 2 is 1.11 bits per heavy atom. The number of carboxylic acids is 2. The van der Waals surface area contributed by atoms with E-state index in [-0.39, 0.29) is 38.1 Å². The quantitative estimate of drug-likeness (QED) is 0.0461. The van der Waals surface area contributed by atoms with Crippen molar-refractivity contribution >= 4 is 23.8 Å². The molecule has 0 spiro atoms. The van der Waals surface area contributed by atoms with Gasteiger partial charge in [-0.3, -0.25) is 9.59 Å². The van der Waals surface area contributed by atoms with E-state index in [4.69, 9.17) is 5.53 Å².